The highest BCUT2D eigenvalue weighted by molar-refractivity contribution is 5.48. The van der Waals surface area contributed by atoms with Gasteiger partial charge in [-0.25, -0.2) is 9.97 Å². The number of hydrogen-bond donors (Lipinski definition) is 2. The normalized spacial score (nSPS) is 10.8. The highest BCUT2D eigenvalue weighted by Crippen LogP contribution is 2.17. The standard InChI is InChI=1S/C15H22N4O/c1-4-6-16-13-8-14(19-15(18-13)11(2)3)17-9-12-5-7-20-10-12/h5,7-8,10-11H,4,6,9H2,1-3H3,(H2,16,17,18,19). The summed E-state index contributed by atoms with van der Waals surface area (Å²) in [7, 11) is 0. The molecule has 0 fully saturated rings. The van der Waals surface area contributed by atoms with Crippen LogP contribution in [0.4, 0.5) is 11.6 Å². The molecule has 0 saturated heterocycles. The first-order valence-corrected chi connectivity index (χ1v) is 7.07. The van der Waals surface area contributed by atoms with Crippen molar-refractivity contribution in [1.29, 1.82) is 0 Å². The number of nitrogens with one attached hydrogen (secondary N) is 2. The Hall–Kier alpha value is -2.04. The highest BCUT2D eigenvalue weighted by Gasteiger charge is 2.08. The van der Waals surface area contributed by atoms with Crippen LogP contribution < -0.4 is 10.6 Å². The molecule has 0 aromatic carbocycles. The molecular formula is C15H22N4O. The maximum absolute atomic E-state index is 5.06. The SMILES string of the molecule is CCCNc1cc(NCc2ccoc2)nc(C(C)C)n1. The monoisotopic (exact) mass is 274 g/mol. The molecule has 5 nitrogen and oxygen atoms in total. The van der Waals surface area contributed by atoms with Crippen LogP contribution in [0.2, 0.25) is 0 Å². The minimum atomic E-state index is 0.299. The molecule has 0 aliphatic carbocycles. The zero-order chi connectivity index (χ0) is 14.4. The summed E-state index contributed by atoms with van der Waals surface area (Å²) in [6.45, 7) is 7.93. The summed E-state index contributed by atoms with van der Waals surface area (Å²) >= 11 is 0. The third kappa shape index (κ3) is 3.98. The number of nitrogens with zero attached hydrogens (tertiary/aromatic N) is 2. The fourth-order valence-corrected chi connectivity index (χ4v) is 1.74. The lowest BCUT2D eigenvalue weighted by Crippen LogP contribution is -2.09. The van der Waals surface area contributed by atoms with E-state index in [0.717, 1.165) is 36.0 Å². The Balaban J connectivity index is 2.11. The largest absolute Gasteiger partial charge is 0.472 e. The van der Waals surface area contributed by atoms with E-state index in [2.05, 4.69) is 41.4 Å². The van der Waals surface area contributed by atoms with Gasteiger partial charge in [-0.2, -0.15) is 0 Å². The van der Waals surface area contributed by atoms with Gasteiger partial charge in [0.2, 0.25) is 0 Å². The Morgan fingerprint density at radius 3 is 2.55 bits per heavy atom. The lowest BCUT2D eigenvalue weighted by molar-refractivity contribution is 0.564. The van der Waals surface area contributed by atoms with E-state index in [1.165, 1.54) is 0 Å². The number of furan rings is 1. The van der Waals surface area contributed by atoms with Gasteiger partial charge in [-0.3, -0.25) is 0 Å². The van der Waals surface area contributed by atoms with Crippen LogP contribution in [0.1, 0.15) is 44.5 Å². The molecule has 0 amide bonds. The van der Waals surface area contributed by atoms with E-state index in [0.29, 0.717) is 12.5 Å². The zero-order valence-corrected chi connectivity index (χ0v) is 12.3. The summed E-state index contributed by atoms with van der Waals surface area (Å²) in [5.74, 6) is 2.86. The fourth-order valence-electron chi connectivity index (χ4n) is 1.74. The minimum absolute atomic E-state index is 0.299. The summed E-state index contributed by atoms with van der Waals surface area (Å²) in [5, 5.41) is 6.62. The van der Waals surface area contributed by atoms with Gasteiger partial charge < -0.3 is 15.1 Å². The van der Waals surface area contributed by atoms with Crippen molar-refractivity contribution in [1.82, 2.24) is 9.97 Å². The second-order valence-electron chi connectivity index (χ2n) is 5.06. The average Bonchev–Trinajstić information content (AvgIpc) is 2.96. The predicted octanol–water partition coefficient (Wildman–Crippen LogP) is 3.63. The van der Waals surface area contributed by atoms with Crippen LogP contribution in [0.15, 0.2) is 29.1 Å². The van der Waals surface area contributed by atoms with Crippen molar-refractivity contribution >= 4 is 11.6 Å². The molecule has 2 heterocycles. The summed E-state index contributed by atoms with van der Waals surface area (Å²) in [4.78, 5) is 9.08. The summed E-state index contributed by atoms with van der Waals surface area (Å²) in [6, 6.07) is 3.88. The van der Waals surface area contributed by atoms with E-state index >= 15 is 0 Å². The van der Waals surface area contributed by atoms with E-state index < -0.39 is 0 Å². The first kappa shape index (κ1) is 14.4. The van der Waals surface area contributed by atoms with Crippen molar-refractivity contribution in [3.8, 4) is 0 Å². The predicted molar refractivity (Wildman–Crippen MR) is 80.9 cm³/mol. The van der Waals surface area contributed by atoms with Gasteiger partial charge in [-0.1, -0.05) is 20.8 Å². The lowest BCUT2D eigenvalue weighted by atomic mass is 10.2. The van der Waals surface area contributed by atoms with Crippen molar-refractivity contribution in [3.63, 3.8) is 0 Å². The van der Waals surface area contributed by atoms with Crippen LogP contribution in [0, 0.1) is 0 Å². The van der Waals surface area contributed by atoms with Crippen LogP contribution in [-0.4, -0.2) is 16.5 Å². The van der Waals surface area contributed by atoms with Crippen molar-refractivity contribution in [3.05, 3.63) is 36.0 Å². The summed E-state index contributed by atoms with van der Waals surface area (Å²) in [5.41, 5.74) is 1.10. The molecule has 2 aromatic heterocycles. The first-order valence-electron chi connectivity index (χ1n) is 7.07. The Kier molecular flexibility index (Phi) is 4.98. The summed E-state index contributed by atoms with van der Waals surface area (Å²) in [6.07, 6.45) is 4.47. The van der Waals surface area contributed by atoms with Crippen LogP contribution in [0.5, 0.6) is 0 Å². The van der Waals surface area contributed by atoms with Gasteiger partial charge in [0.15, 0.2) is 0 Å². The second kappa shape index (κ2) is 6.93. The van der Waals surface area contributed by atoms with E-state index in [-0.39, 0.29) is 0 Å². The lowest BCUT2D eigenvalue weighted by Gasteiger charge is -2.12. The molecule has 0 bridgehead atoms. The Morgan fingerprint density at radius 2 is 1.95 bits per heavy atom. The van der Waals surface area contributed by atoms with Crippen LogP contribution in [-0.2, 0) is 6.54 Å². The Bertz CT molecular complexity index is 523. The van der Waals surface area contributed by atoms with Gasteiger partial charge in [0.25, 0.3) is 0 Å². The van der Waals surface area contributed by atoms with Gasteiger partial charge in [-0.15, -0.1) is 0 Å². The number of anilines is 2. The van der Waals surface area contributed by atoms with E-state index in [4.69, 9.17) is 4.42 Å². The molecule has 2 aromatic rings. The molecule has 0 aliphatic heterocycles. The number of hydrogen-bond acceptors (Lipinski definition) is 5. The third-order valence-electron chi connectivity index (χ3n) is 2.87. The van der Waals surface area contributed by atoms with Gasteiger partial charge in [0.05, 0.1) is 12.5 Å². The van der Waals surface area contributed by atoms with Crippen molar-refractivity contribution in [2.24, 2.45) is 0 Å². The Labute approximate surface area is 119 Å². The average molecular weight is 274 g/mol. The van der Waals surface area contributed by atoms with Gasteiger partial charge in [0, 0.05) is 30.6 Å². The summed E-state index contributed by atoms with van der Waals surface area (Å²) < 4.78 is 5.06. The second-order valence-corrected chi connectivity index (χ2v) is 5.06. The van der Waals surface area contributed by atoms with Crippen molar-refractivity contribution in [2.75, 3.05) is 17.2 Å². The molecule has 0 spiro atoms. The number of rotatable bonds is 7. The number of aromatic nitrogens is 2. The molecule has 20 heavy (non-hydrogen) atoms. The third-order valence-corrected chi connectivity index (χ3v) is 2.87. The topological polar surface area (TPSA) is 63.0 Å². The Morgan fingerprint density at radius 1 is 1.20 bits per heavy atom. The van der Waals surface area contributed by atoms with Crippen molar-refractivity contribution < 1.29 is 4.42 Å². The van der Waals surface area contributed by atoms with Gasteiger partial charge in [0.1, 0.15) is 17.5 Å². The zero-order valence-electron chi connectivity index (χ0n) is 12.3. The smallest absolute Gasteiger partial charge is 0.135 e. The van der Waals surface area contributed by atoms with E-state index in [1.807, 2.05) is 12.1 Å². The maximum atomic E-state index is 5.06. The maximum Gasteiger partial charge on any atom is 0.135 e. The van der Waals surface area contributed by atoms with E-state index in [9.17, 15) is 0 Å². The fraction of sp³-hybridized carbons (Fsp3) is 0.467. The molecular weight excluding hydrogens is 252 g/mol. The molecule has 108 valence electrons. The first-order chi connectivity index (χ1) is 9.69. The van der Waals surface area contributed by atoms with E-state index in [1.54, 1.807) is 12.5 Å². The quantitative estimate of drug-likeness (QED) is 0.807. The highest BCUT2D eigenvalue weighted by atomic mass is 16.3. The van der Waals surface area contributed by atoms with Crippen molar-refractivity contribution in [2.45, 2.75) is 39.7 Å². The van der Waals surface area contributed by atoms with Crippen LogP contribution >= 0.6 is 0 Å². The molecule has 2 N–H and O–H groups in total. The molecule has 0 radical (unpaired) electrons. The van der Waals surface area contributed by atoms with Gasteiger partial charge >= 0.3 is 0 Å². The molecule has 5 heteroatoms. The van der Waals surface area contributed by atoms with Crippen LogP contribution in [0.25, 0.3) is 0 Å². The molecule has 0 atom stereocenters. The minimum Gasteiger partial charge on any atom is -0.472 e. The van der Waals surface area contributed by atoms with Crippen LogP contribution in [0.3, 0.4) is 0 Å². The molecule has 0 unspecified atom stereocenters. The molecule has 0 saturated carbocycles. The molecule has 2 rings (SSSR count). The molecule has 0 aliphatic rings. The van der Waals surface area contributed by atoms with Gasteiger partial charge in [-0.05, 0) is 12.5 Å².